The standard InChI is InChI=1S/C14H20N2O3/c1-5-16(9-13(18)15(3)4)14(19)11-8-10(2)6-7-12(11)17/h6-8,17H,5,9H2,1-4H3. The highest BCUT2D eigenvalue weighted by Gasteiger charge is 2.20. The second-order valence-electron chi connectivity index (χ2n) is 4.63. The largest absolute Gasteiger partial charge is 0.507 e. The molecule has 1 N–H and O–H groups in total. The Morgan fingerprint density at radius 2 is 1.89 bits per heavy atom. The number of phenolic OH excluding ortho intramolecular Hbond substituents is 1. The molecule has 1 aromatic rings. The van der Waals surface area contributed by atoms with Crippen LogP contribution in [0.25, 0.3) is 0 Å². The number of amides is 2. The van der Waals surface area contributed by atoms with Crippen LogP contribution < -0.4 is 0 Å². The van der Waals surface area contributed by atoms with E-state index >= 15 is 0 Å². The highest BCUT2D eigenvalue weighted by atomic mass is 16.3. The Hall–Kier alpha value is -2.04. The lowest BCUT2D eigenvalue weighted by Gasteiger charge is -2.22. The number of aryl methyl sites for hydroxylation is 1. The molecule has 0 saturated heterocycles. The first-order chi connectivity index (χ1) is 8.86. The molecule has 0 radical (unpaired) electrons. The number of hydrogen-bond acceptors (Lipinski definition) is 3. The number of rotatable bonds is 4. The Morgan fingerprint density at radius 3 is 2.42 bits per heavy atom. The maximum atomic E-state index is 12.3. The van der Waals surface area contributed by atoms with Gasteiger partial charge in [0.05, 0.1) is 12.1 Å². The lowest BCUT2D eigenvalue weighted by molar-refractivity contribution is -0.129. The summed E-state index contributed by atoms with van der Waals surface area (Å²) < 4.78 is 0. The maximum absolute atomic E-state index is 12.3. The minimum absolute atomic E-state index is 0.00964. The molecule has 19 heavy (non-hydrogen) atoms. The normalized spacial score (nSPS) is 10.1. The summed E-state index contributed by atoms with van der Waals surface area (Å²) >= 11 is 0. The molecule has 0 atom stereocenters. The smallest absolute Gasteiger partial charge is 0.258 e. The first-order valence-electron chi connectivity index (χ1n) is 6.15. The summed E-state index contributed by atoms with van der Waals surface area (Å²) in [6, 6.07) is 4.85. The number of hydrogen-bond donors (Lipinski definition) is 1. The van der Waals surface area contributed by atoms with Gasteiger partial charge >= 0.3 is 0 Å². The zero-order valence-corrected chi connectivity index (χ0v) is 11.8. The fraction of sp³-hybridized carbons (Fsp3) is 0.429. The SMILES string of the molecule is CCN(CC(=O)N(C)C)C(=O)c1cc(C)ccc1O. The van der Waals surface area contributed by atoms with E-state index in [2.05, 4.69) is 0 Å². The third-order valence-electron chi connectivity index (χ3n) is 2.88. The van der Waals surface area contributed by atoms with Crippen LogP contribution in [0.4, 0.5) is 0 Å². The highest BCUT2D eigenvalue weighted by molar-refractivity contribution is 5.98. The van der Waals surface area contributed by atoms with E-state index in [1.807, 2.05) is 6.92 Å². The number of carbonyl (C=O) groups excluding carboxylic acids is 2. The van der Waals surface area contributed by atoms with Crippen molar-refractivity contribution in [2.75, 3.05) is 27.2 Å². The Labute approximate surface area is 113 Å². The van der Waals surface area contributed by atoms with Gasteiger partial charge in [-0.1, -0.05) is 11.6 Å². The Bertz CT molecular complexity index is 484. The molecule has 0 unspecified atom stereocenters. The van der Waals surface area contributed by atoms with E-state index in [1.54, 1.807) is 33.2 Å². The molecule has 0 fully saturated rings. The monoisotopic (exact) mass is 264 g/mol. The van der Waals surface area contributed by atoms with E-state index in [1.165, 1.54) is 15.9 Å². The summed E-state index contributed by atoms with van der Waals surface area (Å²) in [6.45, 7) is 4.06. The van der Waals surface area contributed by atoms with Gasteiger partial charge in [0.2, 0.25) is 5.91 Å². The van der Waals surface area contributed by atoms with Crippen molar-refractivity contribution in [1.82, 2.24) is 9.80 Å². The molecule has 0 aromatic heterocycles. The van der Waals surface area contributed by atoms with Gasteiger partial charge in [0, 0.05) is 20.6 Å². The van der Waals surface area contributed by atoms with Crippen LogP contribution in [-0.2, 0) is 4.79 Å². The van der Waals surface area contributed by atoms with Crippen LogP contribution in [0.3, 0.4) is 0 Å². The van der Waals surface area contributed by atoms with Gasteiger partial charge in [0.25, 0.3) is 5.91 Å². The molecule has 0 aliphatic rings. The quantitative estimate of drug-likeness (QED) is 0.890. The maximum Gasteiger partial charge on any atom is 0.258 e. The molecule has 0 spiro atoms. The molecule has 0 heterocycles. The van der Waals surface area contributed by atoms with Crippen LogP contribution in [0.15, 0.2) is 18.2 Å². The van der Waals surface area contributed by atoms with E-state index in [0.29, 0.717) is 6.54 Å². The van der Waals surface area contributed by atoms with Crippen LogP contribution in [0.1, 0.15) is 22.8 Å². The molecule has 104 valence electrons. The molecule has 1 aromatic carbocycles. The zero-order chi connectivity index (χ0) is 14.6. The van der Waals surface area contributed by atoms with Gasteiger partial charge in [-0.3, -0.25) is 9.59 Å². The minimum atomic E-state index is -0.334. The summed E-state index contributed by atoms with van der Waals surface area (Å²) in [6.07, 6.45) is 0. The Kier molecular flexibility index (Phi) is 4.92. The van der Waals surface area contributed by atoms with E-state index in [0.717, 1.165) is 5.56 Å². The third kappa shape index (κ3) is 3.71. The molecular weight excluding hydrogens is 244 g/mol. The van der Waals surface area contributed by atoms with Gasteiger partial charge in [-0.15, -0.1) is 0 Å². The molecule has 5 heteroatoms. The van der Waals surface area contributed by atoms with E-state index in [-0.39, 0.29) is 29.7 Å². The number of carbonyl (C=O) groups is 2. The van der Waals surface area contributed by atoms with Crippen molar-refractivity contribution in [1.29, 1.82) is 0 Å². The molecule has 0 bridgehead atoms. The topological polar surface area (TPSA) is 60.9 Å². The van der Waals surface area contributed by atoms with E-state index < -0.39 is 0 Å². The number of likely N-dealkylation sites (N-methyl/N-ethyl adjacent to an activating group) is 2. The van der Waals surface area contributed by atoms with Crippen molar-refractivity contribution in [3.63, 3.8) is 0 Å². The van der Waals surface area contributed by atoms with Crippen LogP contribution in [0.2, 0.25) is 0 Å². The average Bonchev–Trinajstić information content (AvgIpc) is 2.37. The average molecular weight is 264 g/mol. The first-order valence-corrected chi connectivity index (χ1v) is 6.15. The number of nitrogens with zero attached hydrogens (tertiary/aromatic N) is 2. The van der Waals surface area contributed by atoms with Crippen molar-refractivity contribution in [3.05, 3.63) is 29.3 Å². The van der Waals surface area contributed by atoms with Gasteiger partial charge in [0.1, 0.15) is 5.75 Å². The van der Waals surface area contributed by atoms with Gasteiger partial charge in [-0.05, 0) is 26.0 Å². The van der Waals surface area contributed by atoms with Gasteiger partial charge in [0.15, 0.2) is 0 Å². The van der Waals surface area contributed by atoms with Gasteiger partial charge < -0.3 is 14.9 Å². The predicted octanol–water partition coefficient (Wildman–Crippen LogP) is 1.25. The molecule has 0 saturated carbocycles. The summed E-state index contributed by atoms with van der Waals surface area (Å²) in [4.78, 5) is 26.8. The van der Waals surface area contributed by atoms with Gasteiger partial charge in [-0.25, -0.2) is 0 Å². The number of aromatic hydroxyl groups is 1. The molecule has 5 nitrogen and oxygen atoms in total. The lowest BCUT2D eigenvalue weighted by atomic mass is 10.1. The van der Waals surface area contributed by atoms with Crippen LogP contribution in [0.5, 0.6) is 5.75 Å². The molecule has 0 aliphatic carbocycles. The first kappa shape index (κ1) is 15.0. The molecule has 1 rings (SSSR count). The second kappa shape index (κ2) is 6.22. The summed E-state index contributed by atoms with van der Waals surface area (Å²) in [5, 5.41) is 9.75. The van der Waals surface area contributed by atoms with E-state index in [9.17, 15) is 14.7 Å². The van der Waals surface area contributed by atoms with Gasteiger partial charge in [-0.2, -0.15) is 0 Å². The minimum Gasteiger partial charge on any atom is -0.507 e. The fourth-order valence-corrected chi connectivity index (χ4v) is 1.62. The number of benzene rings is 1. The van der Waals surface area contributed by atoms with Crippen LogP contribution >= 0.6 is 0 Å². The Balaban J connectivity index is 2.95. The number of phenols is 1. The molecular formula is C14H20N2O3. The molecule has 0 aliphatic heterocycles. The molecule has 2 amide bonds. The van der Waals surface area contributed by atoms with Crippen molar-refractivity contribution >= 4 is 11.8 Å². The summed E-state index contributed by atoms with van der Waals surface area (Å²) in [7, 11) is 3.29. The highest BCUT2D eigenvalue weighted by Crippen LogP contribution is 2.20. The third-order valence-corrected chi connectivity index (χ3v) is 2.88. The van der Waals surface area contributed by atoms with Crippen molar-refractivity contribution < 1.29 is 14.7 Å². The van der Waals surface area contributed by atoms with E-state index in [4.69, 9.17) is 0 Å². The lowest BCUT2D eigenvalue weighted by Crippen LogP contribution is -2.40. The second-order valence-corrected chi connectivity index (χ2v) is 4.63. The van der Waals surface area contributed by atoms with Crippen LogP contribution in [0, 0.1) is 6.92 Å². The Morgan fingerprint density at radius 1 is 1.26 bits per heavy atom. The van der Waals surface area contributed by atoms with Crippen molar-refractivity contribution in [3.8, 4) is 5.75 Å². The fourth-order valence-electron chi connectivity index (χ4n) is 1.62. The summed E-state index contributed by atoms with van der Waals surface area (Å²) in [5.74, 6) is -0.549. The van der Waals surface area contributed by atoms with Crippen molar-refractivity contribution in [2.24, 2.45) is 0 Å². The van der Waals surface area contributed by atoms with Crippen LogP contribution in [-0.4, -0.2) is 53.9 Å². The predicted molar refractivity (Wildman–Crippen MR) is 73.1 cm³/mol. The van der Waals surface area contributed by atoms with Crippen molar-refractivity contribution in [2.45, 2.75) is 13.8 Å². The summed E-state index contributed by atoms with van der Waals surface area (Å²) in [5.41, 5.74) is 1.12. The zero-order valence-electron chi connectivity index (χ0n) is 11.8.